The van der Waals surface area contributed by atoms with Gasteiger partial charge in [-0.2, -0.15) is 0 Å². The van der Waals surface area contributed by atoms with Gasteiger partial charge < -0.3 is 10.0 Å². The van der Waals surface area contributed by atoms with Crippen LogP contribution < -0.4 is 0 Å². The molecule has 1 aromatic carbocycles. The highest BCUT2D eigenvalue weighted by Gasteiger charge is 2.56. The summed E-state index contributed by atoms with van der Waals surface area (Å²) in [5.41, 5.74) is -0.250. The van der Waals surface area contributed by atoms with E-state index in [-0.39, 0.29) is 11.7 Å². The van der Waals surface area contributed by atoms with Crippen LogP contribution in [0.15, 0.2) is 24.3 Å². The molecule has 3 rings (SSSR count). The summed E-state index contributed by atoms with van der Waals surface area (Å²) in [6, 6.07) is 6.23. The molecule has 3 nitrogen and oxygen atoms in total. The minimum Gasteiger partial charge on any atom is -0.386 e. The second-order valence-corrected chi connectivity index (χ2v) is 6.22. The summed E-state index contributed by atoms with van der Waals surface area (Å²) in [6.45, 7) is 2.90. The number of hydrogen-bond acceptors (Lipinski definition) is 2. The van der Waals surface area contributed by atoms with Gasteiger partial charge in [-0.3, -0.25) is 4.79 Å². The van der Waals surface area contributed by atoms with Crippen molar-refractivity contribution >= 4 is 5.91 Å². The molecule has 1 N–H and O–H groups in total. The predicted octanol–water partition coefficient (Wildman–Crippen LogP) is 2.23. The van der Waals surface area contributed by atoms with Gasteiger partial charge in [-0.25, -0.2) is 4.39 Å². The van der Waals surface area contributed by atoms with Crippen molar-refractivity contribution in [1.29, 1.82) is 0 Å². The van der Waals surface area contributed by atoms with Crippen LogP contribution in [0.1, 0.15) is 38.2 Å². The minimum absolute atomic E-state index is 0.0879. The van der Waals surface area contributed by atoms with Crippen LogP contribution in [0.3, 0.4) is 0 Å². The average Bonchev–Trinajstić information content (AvgIpc) is 3.17. The zero-order valence-corrected chi connectivity index (χ0v) is 11.7. The van der Waals surface area contributed by atoms with Crippen molar-refractivity contribution in [2.24, 2.45) is 0 Å². The van der Waals surface area contributed by atoms with Crippen LogP contribution in [-0.4, -0.2) is 34.6 Å². The number of hydrogen-bond donors (Lipinski definition) is 1. The van der Waals surface area contributed by atoms with E-state index in [4.69, 9.17) is 0 Å². The number of likely N-dealkylation sites (tertiary alicyclic amines) is 1. The molecule has 4 heteroatoms. The summed E-state index contributed by atoms with van der Waals surface area (Å²) in [7, 11) is 0. The number of carbonyl (C=O) groups excluding carboxylic acids is 1. The maximum Gasteiger partial charge on any atom is 0.233 e. The Kier molecular flexibility index (Phi) is 3.09. The summed E-state index contributed by atoms with van der Waals surface area (Å²) in [4.78, 5) is 14.4. The van der Waals surface area contributed by atoms with Crippen LogP contribution in [0, 0.1) is 5.82 Å². The normalized spacial score (nSPS) is 22.2. The van der Waals surface area contributed by atoms with Crippen molar-refractivity contribution < 1.29 is 14.3 Å². The van der Waals surface area contributed by atoms with E-state index in [1.165, 1.54) is 12.1 Å². The third-order valence-corrected chi connectivity index (χ3v) is 4.53. The van der Waals surface area contributed by atoms with Gasteiger partial charge in [0.2, 0.25) is 5.91 Å². The Hall–Kier alpha value is -1.42. The van der Waals surface area contributed by atoms with Gasteiger partial charge in [-0.15, -0.1) is 0 Å². The van der Waals surface area contributed by atoms with Gasteiger partial charge in [0, 0.05) is 0 Å². The Labute approximate surface area is 118 Å². The summed E-state index contributed by atoms with van der Waals surface area (Å²) >= 11 is 0. The molecule has 2 aliphatic rings. The molecule has 1 aliphatic heterocycles. The monoisotopic (exact) mass is 277 g/mol. The average molecular weight is 277 g/mol. The second kappa shape index (κ2) is 4.55. The Balaban J connectivity index is 1.71. The van der Waals surface area contributed by atoms with Crippen molar-refractivity contribution in [1.82, 2.24) is 4.90 Å². The molecule has 20 heavy (non-hydrogen) atoms. The number of β-amino-alcohol motifs (C(OH)–C–C–N with tert-alkyl or cyclic N) is 1. The fourth-order valence-electron chi connectivity index (χ4n) is 3.25. The van der Waals surface area contributed by atoms with Crippen LogP contribution in [0.5, 0.6) is 0 Å². The highest BCUT2D eigenvalue weighted by molar-refractivity contribution is 5.92. The maximum absolute atomic E-state index is 13.0. The number of nitrogens with zero attached hydrogens (tertiary/aromatic N) is 1. The molecule has 2 fully saturated rings. The van der Waals surface area contributed by atoms with Crippen molar-refractivity contribution in [2.75, 3.05) is 13.1 Å². The van der Waals surface area contributed by atoms with Crippen molar-refractivity contribution in [2.45, 2.75) is 43.6 Å². The molecule has 0 spiro atoms. The van der Waals surface area contributed by atoms with Crippen LogP contribution in [0.2, 0.25) is 0 Å². The summed E-state index contributed by atoms with van der Waals surface area (Å²) < 4.78 is 13.0. The third kappa shape index (κ3) is 2.12. The summed E-state index contributed by atoms with van der Waals surface area (Å²) in [5, 5.41) is 10.2. The standard InChI is InChI=1S/C16H20FNO2/c1-2-7-15(20)10-18(11-15)14(19)16(8-9-16)12-3-5-13(17)6-4-12/h3-6,20H,2,7-11H2,1H3. The second-order valence-electron chi connectivity index (χ2n) is 6.22. The Morgan fingerprint density at radius 3 is 2.40 bits per heavy atom. The maximum atomic E-state index is 13.0. The van der Waals surface area contributed by atoms with E-state index in [9.17, 15) is 14.3 Å². The lowest BCUT2D eigenvalue weighted by Gasteiger charge is -2.48. The van der Waals surface area contributed by atoms with E-state index in [0.29, 0.717) is 13.1 Å². The number of carbonyl (C=O) groups is 1. The SMILES string of the molecule is CCCC1(O)CN(C(=O)C2(c3ccc(F)cc3)CC2)C1. The van der Waals surface area contributed by atoms with Gasteiger partial charge in [0.25, 0.3) is 0 Å². The molecular weight excluding hydrogens is 257 g/mol. The van der Waals surface area contributed by atoms with E-state index < -0.39 is 11.0 Å². The van der Waals surface area contributed by atoms with Crippen LogP contribution in [0.25, 0.3) is 0 Å². The molecule has 0 bridgehead atoms. The van der Waals surface area contributed by atoms with Crippen LogP contribution >= 0.6 is 0 Å². The number of amides is 1. The first-order valence-electron chi connectivity index (χ1n) is 7.27. The van der Waals surface area contributed by atoms with Gasteiger partial charge in [0.05, 0.1) is 24.1 Å². The van der Waals surface area contributed by atoms with Gasteiger partial charge in [-0.05, 0) is 37.0 Å². The first kappa shape index (κ1) is 13.6. The number of halogens is 1. The van der Waals surface area contributed by atoms with Gasteiger partial charge in [0.15, 0.2) is 0 Å². The predicted molar refractivity (Wildman–Crippen MR) is 73.7 cm³/mol. The van der Waals surface area contributed by atoms with E-state index in [1.54, 1.807) is 17.0 Å². The Bertz CT molecular complexity index is 516. The molecule has 108 valence electrons. The molecule has 1 saturated heterocycles. The lowest BCUT2D eigenvalue weighted by molar-refractivity contribution is -0.159. The van der Waals surface area contributed by atoms with Crippen molar-refractivity contribution in [3.8, 4) is 0 Å². The molecule has 1 saturated carbocycles. The zero-order valence-electron chi connectivity index (χ0n) is 11.7. The lowest BCUT2D eigenvalue weighted by Crippen LogP contribution is -2.65. The highest BCUT2D eigenvalue weighted by Crippen LogP contribution is 2.50. The van der Waals surface area contributed by atoms with E-state index in [2.05, 4.69) is 0 Å². The fourth-order valence-corrected chi connectivity index (χ4v) is 3.25. The van der Waals surface area contributed by atoms with Gasteiger partial charge >= 0.3 is 0 Å². The minimum atomic E-state index is -0.691. The topological polar surface area (TPSA) is 40.5 Å². The molecule has 0 atom stereocenters. The Morgan fingerprint density at radius 1 is 1.30 bits per heavy atom. The largest absolute Gasteiger partial charge is 0.386 e. The summed E-state index contributed by atoms with van der Waals surface area (Å²) in [5.74, 6) is -0.192. The Morgan fingerprint density at radius 2 is 1.90 bits per heavy atom. The van der Waals surface area contributed by atoms with E-state index in [1.807, 2.05) is 6.92 Å². The number of aliphatic hydroxyl groups is 1. The van der Waals surface area contributed by atoms with Crippen LogP contribution in [-0.2, 0) is 10.2 Å². The first-order valence-corrected chi connectivity index (χ1v) is 7.27. The molecule has 0 unspecified atom stereocenters. The van der Waals surface area contributed by atoms with Gasteiger partial charge in [-0.1, -0.05) is 25.5 Å². The number of rotatable bonds is 4. The van der Waals surface area contributed by atoms with Crippen LogP contribution in [0.4, 0.5) is 4.39 Å². The molecule has 0 aromatic heterocycles. The van der Waals surface area contributed by atoms with Crippen molar-refractivity contribution in [3.63, 3.8) is 0 Å². The number of benzene rings is 1. The quantitative estimate of drug-likeness (QED) is 0.917. The molecular formula is C16H20FNO2. The highest BCUT2D eigenvalue weighted by atomic mass is 19.1. The fraction of sp³-hybridized carbons (Fsp3) is 0.562. The molecule has 1 aliphatic carbocycles. The van der Waals surface area contributed by atoms with E-state index >= 15 is 0 Å². The smallest absolute Gasteiger partial charge is 0.233 e. The molecule has 1 heterocycles. The third-order valence-electron chi connectivity index (χ3n) is 4.53. The van der Waals surface area contributed by atoms with E-state index in [0.717, 1.165) is 31.2 Å². The molecule has 1 aromatic rings. The first-order chi connectivity index (χ1) is 9.49. The molecule has 0 radical (unpaired) electrons. The zero-order chi connectivity index (χ0) is 14.4. The lowest BCUT2D eigenvalue weighted by atomic mass is 9.86. The van der Waals surface area contributed by atoms with Gasteiger partial charge in [0.1, 0.15) is 5.82 Å². The summed E-state index contributed by atoms with van der Waals surface area (Å²) in [6.07, 6.45) is 3.29. The van der Waals surface area contributed by atoms with Crippen molar-refractivity contribution in [3.05, 3.63) is 35.6 Å². The molecule has 1 amide bonds.